The molecule has 1 aromatic rings. The van der Waals surface area contributed by atoms with Crippen molar-refractivity contribution < 1.29 is 8.42 Å². The zero-order valence-electron chi connectivity index (χ0n) is 12.3. The summed E-state index contributed by atoms with van der Waals surface area (Å²) in [5.41, 5.74) is 1.06. The van der Waals surface area contributed by atoms with Crippen LogP contribution in [0.15, 0.2) is 17.2 Å². The van der Waals surface area contributed by atoms with Crippen molar-refractivity contribution in [2.75, 3.05) is 7.05 Å². The van der Waals surface area contributed by atoms with Crippen LogP contribution < -0.4 is 0 Å². The van der Waals surface area contributed by atoms with Gasteiger partial charge in [-0.2, -0.15) is 4.31 Å². The summed E-state index contributed by atoms with van der Waals surface area (Å²) in [6.45, 7) is 4.49. The second-order valence-corrected chi connectivity index (χ2v) is 8.68. The molecule has 1 aliphatic rings. The van der Waals surface area contributed by atoms with Gasteiger partial charge in [-0.25, -0.2) is 8.42 Å². The highest BCUT2D eigenvalue weighted by molar-refractivity contribution is 7.89. The van der Waals surface area contributed by atoms with E-state index in [0.717, 1.165) is 31.4 Å². The molecule has 20 heavy (non-hydrogen) atoms. The fourth-order valence-corrected chi connectivity index (χ4v) is 4.34. The molecule has 0 amide bonds. The largest absolute Gasteiger partial charge is 0.363 e. The minimum atomic E-state index is -3.42. The van der Waals surface area contributed by atoms with Gasteiger partial charge in [-0.15, -0.1) is 11.6 Å². The van der Waals surface area contributed by atoms with Crippen LogP contribution in [0.1, 0.15) is 45.2 Å². The van der Waals surface area contributed by atoms with Crippen LogP contribution in [-0.2, 0) is 15.9 Å². The summed E-state index contributed by atoms with van der Waals surface area (Å²) in [6.07, 6.45) is 5.51. The summed E-state index contributed by atoms with van der Waals surface area (Å²) in [6, 6.07) is 1.72. The molecule has 4 nitrogen and oxygen atoms in total. The molecule has 1 heterocycles. The number of H-pyrrole nitrogens is 1. The van der Waals surface area contributed by atoms with Gasteiger partial charge in [-0.1, -0.05) is 13.8 Å². The topological polar surface area (TPSA) is 53.2 Å². The van der Waals surface area contributed by atoms with E-state index < -0.39 is 10.0 Å². The average Bonchev–Trinajstić information content (AvgIpc) is 2.87. The number of nitrogens with one attached hydrogen (secondary N) is 1. The van der Waals surface area contributed by atoms with E-state index in [1.165, 1.54) is 10.5 Å². The zero-order chi connectivity index (χ0) is 15.0. The minimum absolute atomic E-state index is 0.0994. The molecule has 1 aromatic heterocycles. The molecule has 1 N–H and O–H groups in total. The maximum Gasteiger partial charge on any atom is 0.244 e. The van der Waals surface area contributed by atoms with Crippen LogP contribution in [0, 0.1) is 5.41 Å². The number of sulfonamides is 1. The Kier molecular flexibility index (Phi) is 4.52. The maximum absolute atomic E-state index is 12.6. The Balaban J connectivity index is 2.13. The Morgan fingerprint density at radius 2 is 2.00 bits per heavy atom. The first-order chi connectivity index (χ1) is 9.26. The van der Waals surface area contributed by atoms with Gasteiger partial charge in [0.05, 0.1) is 10.8 Å². The van der Waals surface area contributed by atoms with Crippen LogP contribution in [0.4, 0.5) is 0 Å². The lowest BCUT2D eigenvalue weighted by Gasteiger charge is -2.37. The van der Waals surface area contributed by atoms with E-state index in [1.807, 2.05) is 0 Å². The number of aromatic amines is 1. The summed E-state index contributed by atoms with van der Waals surface area (Å²) in [7, 11) is -1.74. The summed E-state index contributed by atoms with van der Waals surface area (Å²) in [4.78, 5) is 3.20. The quantitative estimate of drug-likeness (QED) is 0.866. The van der Waals surface area contributed by atoms with Crippen LogP contribution in [0.2, 0.25) is 0 Å². The van der Waals surface area contributed by atoms with Gasteiger partial charge in [0.15, 0.2) is 0 Å². The number of nitrogens with zero attached hydrogens (tertiary/aromatic N) is 1. The van der Waals surface area contributed by atoms with Crippen LogP contribution in [-0.4, -0.2) is 30.8 Å². The normalized spacial score (nSPS) is 20.4. The van der Waals surface area contributed by atoms with E-state index in [4.69, 9.17) is 11.6 Å². The van der Waals surface area contributed by atoms with E-state index in [0.29, 0.717) is 10.3 Å². The predicted octanol–water partition coefficient (Wildman–Crippen LogP) is 3.34. The van der Waals surface area contributed by atoms with Crippen molar-refractivity contribution in [3.63, 3.8) is 0 Å². The molecule has 0 saturated heterocycles. The molecule has 0 spiro atoms. The lowest BCUT2D eigenvalue weighted by molar-refractivity contribution is 0.174. The lowest BCUT2D eigenvalue weighted by Crippen LogP contribution is -2.40. The molecule has 1 aliphatic carbocycles. The zero-order valence-corrected chi connectivity index (χ0v) is 13.9. The third-order valence-corrected chi connectivity index (χ3v) is 6.54. The summed E-state index contributed by atoms with van der Waals surface area (Å²) in [5, 5.41) is 0. The number of hydrogen-bond donors (Lipinski definition) is 1. The lowest BCUT2D eigenvalue weighted by atomic mass is 9.76. The molecule has 2 rings (SSSR count). The van der Waals surface area contributed by atoms with Crippen molar-refractivity contribution in [2.45, 2.75) is 56.3 Å². The van der Waals surface area contributed by atoms with E-state index in [2.05, 4.69) is 18.8 Å². The van der Waals surface area contributed by atoms with Crippen LogP contribution in [0.3, 0.4) is 0 Å². The van der Waals surface area contributed by atoms with Gasteiger partial charge < -0.3 is 4.98 Å². The molecule has 114 valence electrons. The van der Waals surface area contributed by atoms with Crippen molar-refractivity contribution in [3.8, 4) is 0 Å². The van der Waals surface area contributed by atoms with Crippen molar-refractivity contribution in [1.29, 1.82) is 0 Å². The molecular formula is C14H23ClN2O2S. The number of alkyl halides is 1. The van der Waals surface area contributed by atoms with Crippen LogP contribution >= 0.6 is 11.6 Å². The smallest absolute Gasteiger partial charge is 0.244 e. The molecule has 0 radical (unpaired) electrons. The highest BCUT2D eigenvalue weighted by atomic mass is 35.5. The summed E-state index contributed by atoms with van der Waals surface area (Å²) < 4.78 is 26.7. The van der Waals surface area contributed by atoms with E-state index >= 15 is 0 Å². The summed E-state index contributed by atoms with van der Waals surface area (Å²) >= 11 is 5.71. The Hall–Kier alpha value is -0.520. The molecule has 0 aromatic carbocycles. The monoisotopic (exact) mass is 318 g/mol. The van der Waals surface area contributed by atoms with Gasteiger partial charge in [-0.05, 0) is 37.2 Å². The number of hydrogen-bond acceptors (Lipinski definition) is 2. The van der Waals surface area contributed by atoms with E-state index in [-0.39, 0.29) is 11.9 Å². The highest BCUT2D eigenvalue weighted by Crippen LogP contribution is 2.37. The molecule has 1 fully saturated rings. The first kappa shape index (κ1) is 15.9. The van der Waals surface area contributed by atoms with Gasteiger partial charge in [0.25, 0.3) is 0 Å². The second kappa shape index (κ2) is 5.70. The Labute approximate surface area is 126 Å². The Bertz CT molecular complexity index is 555. The third kappa shape index (κ3) is 3.21. The van der Waals surface area contributed by atoms with Gasteiger partial charge in [0.2, 0.25) is 10.0 Å². The Morgan fingerprint density at radius 3 is 2.50 bits per heavy atom. The SMILES string of the molecule is CN(C1CCC(C)(C)CC1)S(=O)(=O)c1c[nH]c(CCl)c1. The second-order valence-electron chi connectivity index (χ2n) is 6.41. The van der Waals surface area contributed by atoms with Gasteiger partial charge in [0.1, 0.15) is 0 Å². The fourth-order valence-electron chi connectivity index (χ4n) is 2.76. The number of rotatable bonds is 4. The van der Waals surface area contributed by atoms with Crippen molar-refractivity contribution >= 4 is 21.6 Å². The fraction of sp³-hybridized carbons (Fsp3) is 0.714. The predicted molar refractivity (Wildman–Crippen MR) is 81.3 cm³/mol. The van der Waals surface area contributed by atoms with Gasteiger partial charge in [0, 0.05) is 25.0 Å². The average molecular weight is 319 g/mol. The number of halogens is 1. The molecule has 0 atom stereocenters. The molecule has 0 bridgehead atoms. The van der Waals surface area contributed by atoms with Gasteiger partial charge >= 0.3 is 0 Å². The first-order valence-corrected chi connectivity index (χ1v) is 8.95. The summed E-state index contributed by atoms with van der Waals surface area (Å²) in [5.74, 6) is 0.289. The highest BCUT2D eigenvalue weighted by Gasteiger charge is 2.34. The molecule has 6 heteroatoms. The van der Waals surface area contributed by atoms with Crippen molar-refractivity contribution in [3.05, 3.63) is 18.0 Å². The molecule has 0 aliphatic heterocycles. The third-order valence-electron chi connectivity index (χ3n) is 4.36. The molecular weight excluding hydrogens is 296 g/mol. The number of aromatic nitrogens is 1. The van der Waals surface area contributed by atoms with E-state index in [1.54, 1.807) is 13.1 Å². The molecule has 1 saturated carbocycles. The standard InChI is InChI=1S/C14H23ClN2O2S/c1-14(2)6-4-12(5-7-14)17(3)20(18,19)13-8-11(9-15)16-10-13/h8,10,12,16H,4-7,9H2,1-3H3. The van der Waals surface area contributed by atoms with Crippen molar-refractivity contribution in [2.24, 2.45) is 5.41 Å². The Morgan fingerprint density at radius 1 is 1.40 bits per heavy atom. The molecule has 0 unspecified atom stereocenters. The van der Waals surface area contributed by atoms with Gasteiger partial charge in [-0.3, -0.25) is 0 Å². The minimum Gasteiger partial charge on any atom is -0.363 e. The van der Waals surface area contributed by atoms with Crippen LogP contribution in [0.5, 0.6) is 0 Å². The first-order valence-electron chi connectivity index (χ1n) is 6.97. The maximum atomic E-state index is 12.6. The van der Waals surface area contributed by atoms with Crippen molar-refractivity contribution in [1.82, 2.24) is 9.29 Å². The van der Waals surface area contributed by atoms with Crippen LogP contribution in [0.25, 0.3) is 0 Å². The van der Waals surface area contributed by atoms with E-state index in [9.17, 15) is 8.42 Å².